The van der Waals surface area contributed by atoms with Crippen molar-refractivity contribution in [2.75, 3.05) is 25.1 Å². The summed E-state index contributed by atoms with van der Waals surface area (Å²) in [6, 6.07) is 13.9. The first kappa shape index (κ1) is 20.7. The maximum atomic E-state index is 12.6. The highest BCUT2D eigenvalue weighted by molar-refractivity contribution is 7.89. The van der Waals surface area contributed by atoms with Crippen molar-refractivity contribution in [1.29, 1.82) is 0 Å². The van der Waals surface area contributed by atoms with E-state index in [-0.39, 0.29) is 23.7 Å². The number of hydrogen-bond acceptors (Lipinski definition) is 5. The number of carbonyl (C=O) groups excluding carboxylic acids is 1. The van der Waals surface area contributed by atoms with Gasteiger partial charge < -0.3 is 9.47 Å². The molecule has 8 heteroatoms. The van der Waals surface area contributed by atoms with Crippen LogP contribution in [0, 0.1) is 0 Å². The van der Waals surface area contributed by atoms with E-state index in [1.54, 1.807) is 13.8 Å². The van der Waals surface area contributed by atoms with Gasteiger partial charge in [-0.2, -0.15) is 0 Å². The van der Waals surface area contributed by atoms with Crippen LogP contribution in [0.5, 0.6) is 5.75 Å². The normalized spacial score (nSPS) is 11.0. The van der Waals surface area contributed by atoms with Crippen molar-refractivity contribution in [2.24, 2.45) is 0 Å². The minimum atomic E-state index is -3.73. The van der Waals surface area contributed by atoms with E-state index in [0.717, 1.165) is 5.56 Å². The number of amides is 1. The summed E-state index contributed by atoms with van der Waals surface area (Å²) in [5.74, 6) is 0.369. The van der Waals surface area contributed by atoms with Gasteiger partial charge in [-0.15, -0.1) is 0 Å². The van der Waals surface area contributed by atoms with Crippen molar-refractivity contribution in [3.63, 3.8) is 0 Å². The van der Waals surface area contributed by atoms with E-state index in [2.05, 4.69) is 10.0 Å². The lowest BCUT2D eigenvalue weighted by molar-refractivity contribution is 0.167. The molecule has 0 atom stereocenters. The Labute approximate surface area is 159 Å². The molecule has 0 heterocycles. The van der Waals surface area contributed by atoms with Gasteiger partial charge in [0, 0.05) is 6.54 Å². The summed E-state index contributed by atoms with van der Waals surface area (Å²) in [7, 11) is -3.73. The molecular weight excluding hydrogens is 368 g/mol. The van der Waals surface area contributed by atoms with Crippen LogP contribution in [0.25, 0.3) is 0 Å². The molecule has 7 nitrogen and oxygen atoms in total. The zero-order valence-corrected chi connectivity index (χ0v) is 16.2. The quantitative estimate of drug-likeness (QED) is 0.684. The lowest BCUT2D eigenvalue weighted by Gasteiger charge is -2.14. The number of hydrogen-bond donors (Lipinski definition) is 2. The maximum absolute atomic E-state index is 12.6. The molecule has 27 heavy (non-hydrogen) atoms. The number of rotatable bonds is 9. The first-order chi connectivity index (χ1) is 13.0. The predicted octanol–water partition coefficient (Wildman–Crippen LogP) is 3.17. The van der Waals surface area contributed by atoms with E-state index in [1.807, 2.05) is 30.3 Å². The van der Waals surface area contributed by atoms with Crippen molar-refractivity contribution in [2.45, 2.75) is 25.2 Å². The number of nitrogens with one attached hydrogen (secondary N) is 2. The summed E-state index contributed by atoms with van der Waals surface area (Å²) in [6.45, 7) is 4.32. The second-order valence-corrected chi connectivity index (χ2v) is 7.34. The average Bonchev–Trinajstić information content (AvgIpc) is 2.64. The lowest BCUT2D eigenvalue weighted by Crippen LogP contribution is -2.26. The van der Waals surface area contributed by atoms with Gasteiger partial charge in [0.05, 0.1) is 23.8 Å². The minimum absolute atomic E-state index is 0.0332. The Morgan fingerprint density at radius 3 is 2.44 bits per heavy atom. The molecule has 0 saturated heterocycles. The van der Waals surface area contributed by atoms with Gasteiger partial charge in [0.1, 0.15) is 5.75 Å². The largest absolute Gasteiger partial charge is 0.492 e. The molecule has 0 saturated carbocycles. The van der Waals surface area contributed by atoms with E-state index >= 15 is 0 Å². The molecule has 2 aromatic carbocycles. The first-order valence-electron chi connectivity index (χ1n) is 8.70. The van der Waals surface area contributed by atoms with Gasteiger partial charge in [-0.3, -0.25) is 5.32 Å². The average molecular weight is 392 g/mol. The van der Waals surface area contributed by atoms with Crippen molar-refractivity contribution in [3.8, 4) is 5.75 Å². The van der Waals surface area contributed by atoms with Crippen LogP contribution in [0.2, 0.25) is 0 Å². The molecule has 0 bridgehead atoms. The number of benzene rings is 2. The monoisotopic (exact) mass is 392 g/mol. The molecule has 0 aliphatic heterocycles. The fourth-order valence-electron chi connectivity index (χ4n) is 2.39. The molecule has 2 aromatic rings. The van der Waals surface area contributed by atoms with Crippen LogP contribution < -0.4 is 14.8 Å². The van der Waals surface area contributed by atoms with Crippen LogP contribution >= 0.6 is 0 Å². The first-order valence-corrected chi connectivity index (χ1v) is 10.2. The molecule has 0 spiro atoms. The Hall–Kier alpha value is -2.58. The van der Waals surface area contributed by atoms with E-state index in [4.69, 9.17) is 9.47 Å². The summed E-state index contributed by atoms with van der Waals surface area (Å²) < 4.78 is 38.0. The standard InChI is InChI=1S/C19H24N2O5S/c1-3-25-18-11-10-16(14-17(18)21-19(22)26-4-2)27(23,24)20-13-12-15-8-6-5-7-9-15/h5-11,14,20H,3-4,12-13H2,1-2H3,(H,21,22). The third kappa shape index (κ3) is 6.26. The molecule has 0 radical (unpaired) electrons. The van der Waals surface area contributed by atoms with Gasteiger partial charge in [0.25, 0.3) is 0 Å². The molecule has 1 amide bonds. The minimum Gasteiger partial charge on any atom is -0.492 e. The van der Waals surface area contributed by atoms with Gasteiger partial charge in [-0.1, -0.05) is 30.3 Å². The van der Waals surface area contributed by atoms with Crippen molar-refractivity contribution in [3.05, 3.63) is 54.1 Å². The number of carbonyl (C=O) groups is 1. The Kier molecular flexibility index (Phi) is 7.63. The van der Waals surface area contributed by atoms with Gasteiger partial charge >= 0.3 is 6.09 Å². The zero-order valence-electron chi connectivity index (χ0n) is 15.4. The van der Waals surface area contributed by atoms with E-state index in [0.29, 0.717) is 18.8 Å². The van der Waals surface area contributed by atoms with Crippen molar-refractivity contribution < 1.29 is 22.7 Å². The van der Waals surface area contributed by atoms with E-state index < -0.39 is 16.1 Å². The number of anilines is 1. The summed E-state index contributed by atoms with van der Waals surface area (Å²) >= 11 is 0. The summed E-state index contributed by atoms with van der Waals surface area (Å²) in [4.78, 5) is 11.7. The molecule has 0 fully saturated rings. The van der Waals surface area contributed by atoms with Crippen LogP contribution in [0.3, 0.4) is 0 Å². The fourth-order valence-corrected chi connectivity index (χ4v) is 3.45. The van der Waals surface area contributed by atoms with Crippen molar-refractivity contribution in [1.82, 2.24) is 4.72 Å². The highest BCUT2D eigenvalue weighted by atomic mass is 32.2. The molecule has 2 rings (SSSR count). The van der Waals surface area contributed by atoms with Gasteiger partial charge in [-0.25, -0.2) is 17.9 Å². The van der Waals surface area contributed by atoms with Gasteiger partial charge in [0.2, 0.25) is 10.0 Å². The molecule has 0 aromatic heterocycles. The number of ether oxygens (including phenoxy) is 2. The summed E-state index contributed by atoms with van der Waals surface area (Å²) in [5, 5.41) is 2.51. The van der Waals surface area contributed by atoms with Crippen LogP contribution in [-0.4, -0.2) is 34.3 Å². The van der Waals surface area contributed by atoms with Gasteiger partial charge in [-0.05, 0) is 44.0 Å². The van der Waals surface area contributed by atoms with E-state index in [9.17, 15) is 13.2 Å². The Balaban J connectivity index is 2.13. The highest BCUT2D eigenvalue weighted by Gasteiger charge is 2.17. The van der Waals surface area contributed by atoms with Crippen LogP contribution in [0.4, 0.5) is 10.5 Å². The Morgan fingerprint density at radius 1 is 1.04 bits per heavy atom. The van der Waals surface area contributed by atoms with Crippen LogP contribution in [0.1, 0.15) is 19.4 Å². The molecule has 146 valence electrons. The predicted molar refractivity (Wildman–Crippen MR) is 104 cm³/mol. The second-order valence-electron chi connectivity index (χ2n) is 5.57. The maximum Gasteiger partial charge on any atom is 0.411 e. The molecule has 0 unspecified atom stereocenters. The zero-order chi connectivity index (χ0) is 19.7. The summed E-state index contributed by atoms with van der Waals surface area (Å²) in [6.07, 6.45) is -0.101. The molecular formula is C19H24N2O5S. The Bertz CT molecular complexity index is 854. The topological polar surface area (TPSA) is 93.7 Å². The Morgan fingerprint density at radius 2 is 1.78 bits per heavy atom. The van der Waals surface area contributed by atoms with E-state index in [1.165, 1.54) is 18.2 Å². The SMILES string of the molecule is CCOC(=O)Nc1cc(S(=O)(=O)NCCc2ccccc2)ccc1OCC. The highest BCUT2D eigenvalue weighted by Crippen LogP contribution is 2.28. The molecule has 2 N–H and O–H groups in total. The van der Waals surface area contributed by atoms with Crippen LogP contribution in [0.15, 0.2) is 53.4 Å². The van der Waals surface area contributed by atoms with Crippen LogP contribution in [-0.2, 0) is 21.2 Å². The van der Waals surface area contributed by atoms with Crippen molar-refractivity contribution >= 4 is 21.8 Å². The molecule has 0 aliphatic carbocycles. The fraction of sp³-hybridized carbons (Fsp3) is 0.316. The smallest absolute Gasteiger partial charge is 0.411 e. The third-order valence-corrected chi connectivity index (χ3v) is 5.08. The summed E-state index contributed by atoms with van der Waals surface area (Å²) in [5.41, 5.74) is 1.28. The number of sulfonamides is 1. The lowest BCUT2D eigenvalue weighted by atomic mass is 10.2. The van der Waals surface area contributed by atoms with Gasteiger partial charge in [0.15, 0.2) is 0 Å². The second kappa shape index (κ2) is 9.94. The third-order valence-electron chi connectivity index (χ3n) is 3.62. The molecule has 0 aliphatic rings.